The van der Waals surface area contributed by atoms with Crippen molar-refractivity contribution >= 4 is 34.8 Å². The Morgan fingerprint density at radius 3 is 2.56 bits per heavy atom. The van der Waals surface area contributed by atoms with E-state index in [1.165, 1.54) is 0 Å². The largest absolute Gasteiger partial charge is 0.495 e. The number of methoxy groups -OCH3 is 1. The van der Waals surface area contributed by atoms with Gasteiger partial charge in [0.05, 0.1) is 18.2 Å². The topological polar surface area (TPSA) is 38.3 Å². The van der Waals surface area contributed by atoms with Crippen molar-refractivity contribution in [3.63, 3.8) is 0 Å². The standard InChI is InChI=1S/C13H15Cl2NO2/c1-8-4-5-10(18-3)9(6-8)16-11(17)12(2)7-13(12,14)15/h4-6H,7H2,1-3H3,(H,16,17)/t12-/m0/s1. The molecule has 18 heavy (non-hydrogen) atoms. The van der Waals surface area contributed by atoms with Crippen LogP contribution >= 0.6 is 23.2 Å². The van der Waals surface area contributed by atoms with E-state index >= 15 is 0 Å². The van der Waals surface area contributed by atoms with E-state index in [2.05, 4.69) is 5.32 Å². The quantitative estimate of drug-likeness (QED) is 0.864. The first kappa shape index (κ1) is 13.5. The van der Waals surface area contributed by atoms with Crippen LogP contribution in [0.5, 0.6) is 5.75 Å². The van der Waals surface area contributed by atoms with Gasteiger partial charge in [-0.25, -0.2) is 0 Å². The van der Waals surface area contributed by atoms with Crippen LogP contribution < -0.4 is 10.1 Å². The van der Waals surface area contributed by atoms with E-state index in [9.17, 15) is 4.79 Å². The average Bonchev–Trinajstić information content (AvgIpc) is 2.80. The van der Waals surface area contributed by atoms with Gasteiger partial charge in [-0.2, -0.15) is 0 Å². The molecule has 0 bridgehead atoms. The SMILES string of the molecule is COc1ccc(C)cc1NC(=O)[C@]1(C)CC1(Cl)Cl. The zero-order chi connectivity index (χ0) is 13.6. The van der Waals surface area contributed by atoms with Gasteiger partial charge in [-0.15, -0.1) is 23.2 Å². The molecular weight excluding hydrogens is 273 g/mol. The Morgan fingerprint density at radius 1 is 1.44 bits per heavy atom. The van der Waals surface area contributed by atoms with Gasteiger partial charge < -0.3 is 10.1 Å². The molecule has 1 atom stereocenters. The van der Waals surface area contributed by atoms with Crippen LogP contribution in [0.2, 0.25) is 0 Å². The molecule has 0 saturated heterocycles. The maximum absolute atomic E-state index is 12.2. The number of amides is 1. The van der Waals surface area contributed by atoms with Crippen LogP contribution in [0.1, 0.15) is 18.9 Å². The van der Waals surface area contributed by atoms with E-state index in [-0.39, 0.29) is 5.91 Å². The van der Waals surface area contributed by atoms with Crippen molar-refractivity contribution in [1.29, 1.82) is 0 Å². The van der Waals surface area contributed by atoms with Gasteiger partial charge in [0.2, 0.25) is 5.91 Å². The highest BCUT2D eigenvalue weighted by Crippen LogP contribution is 2.64. The maximum Gasteiger partial charge on any atom is 0.233 e. The Kier molecular flexibility index (Phi) is 3.24. The fourth-order valence-corrected chi connectivity index (χ4v) is 2.53. The number of aryl methyl sites for hydroxylation is 1. The Hall–Kier alpha value is -0.930. The van der Waals surface area contributed by atoms with Crippen molar-refractivity contribution < 1.29 is 9.53 Å². The predicted molar refractivity (Wildman–Crippen MR) is 73.5 cm³/mol. The molecule has 1 aromatic carbocycles. The highest BCUT2D eigenvalue weighted by Gasteiger charge is 2.67. The molecule has 0 unspecified atom stereocenters. The van der Waals surface area contributed by atoms with E-state index in [0.717, 1.165) is 5.56 Å². The third kappa shape index (κ3) is 2.17. The molecule has 0 aromatic heterocycles. The molecule has 2 rings (SSSR count). The van der Waals surface area contributed by atoms with E-state index in [4.69, 9.17) is 27.9 Å². The monoisotopic (exact) mass is 287 g/mol. The summed E-state index contributed by atoms with van der Waals surface area (Å²) in [5.41, 5.74) is 0.944. The Labute approximate surface area is 116 Å². The summed E-state index contributed by atoms with van der Waals surface area (Å²) >= 11 is 12.0. The molecule has 1 aliphatic rings. The molecule has 1 aliphatic carbocycles. The minimum absolute atomic E-state index is 0.184. The number of hydrogen-bond donors (Lipinski definition) is 1. The van der Waals surface area contributed by atoms with Gasteiger partial charge in [-0.1, -0.05) is 6.07 Å². The number of hydrogen-bond acceptors (Lipinski definition) is 2. The number of carbonyl (C=O) groups excluding carboxylic acids is 1. The second-order valence-electron chi connectivity index (χ2n) is 4.87. The molecule has 5 heteroatoms. The van der Waals surface area contributed by atoms with Crippen molar-refractivity contribution in [2.24, 2.45) is 5.41 Å². The second kappa shape index (κ2) is 4.32. The summed E-state index contributed by atoms with van der Waals surface area (Å²) in [6.07, 6.45) is 0.461. The van der Waals surface area contributed by atoms with Crippen molar-refractivity contribution in [3.05, 3.63) is 23.8 Å². The van der Waals surface area contributed by atoms with E-state index < -0.39 is 9.75 Å². The molecule has 0 heterocycles. The summed E-state index contributed by atoms with van der Waals surface area (Å²) in [5, 5.41) is 2.83. The molecule has 98 valence electrons. The van der Waals surface area contributed by atoms with Crippen molar-refractivity contribution in [3.8, 4) is 5.75 Å². The summed E-state index contributed by atoms with van der Waals surface area (Å²) in [4.78, 5) is 12.2. The van der Waals surface area contributed by atoms with Crippen LogP contribution in [0.25, 0.3) is 0 Å². The maximum atomic E-state index is 12.2. The summed E-state index contributed by atoms with van der Waals surface area (Å²) in [6.45, 7) is 3.70. The smallest absolute Gasteiger partial charge is 0.233 e. The van der Waals surface area contributed by atoms with Gasteiger partial charge in [0.25, 0.3) is 0 Å². The number of anilines is 1. The lowest BCUT2D eigenvalue weighted by atomic mass is 10.1. The van der Waals surface area contributed by atoms with Crippen LogP contribution in [0, 0.1) is 12.3 Å². The van der Waals surface area contributed by atoms with Gasteiger partial charge in [-0.05, 0) is 38.0 Å². The van der Waals surface area contributed by atoms with Crippen LogP contribution in [0.4, 0.5) is 5.69 Å². The molecule has 0 aliphatic heterocycles. The number of carbonyl (C=O) groups is 1. The zero-order valence-electron chi connectivity index (χ0n) is 10.5. The van der Waals surface area contributed by atoms with Crippen LogP contribution in [-0.2, 0) is 4.79 Å². The minimum atomic E-state index is -0.964. The van der Waals surface area contributed by atoms with Crippen molar-refractivity contribution in [1.82, 2.24) is 0 Å². The Balaban J connectivity index is 2.20. The summed E-state index contributed by atoms with van der Waals surface area (Å²) in [6, 6.07) is 5.59. The normalized spacial score (nSPS) is 24.5. The van der Waals surface area contributed by atoms with Gasteiger partial charge >= 0.3 is 0 Å². The number of nitrogens with one attached hydrogen (secondary N) is 1. The first-order valence-electron chi connectivity index (χ1n) is 5.64. The Morgan fingerprint density at radius 2 is 2.06 bits per heavy atom. The van der Waals surface area contributed by atoms with Gasteiger partial charge in [-0.3, -0.25) is 4.79 Å². The molecule has 1 aromatic rings. The van der Waals surface area contributed by atoms with E-state index in [1.807, 2.05) is 25.1 Å². The lowest BCUT2D eigenvalue weighted by molar-refractivity contribution is -0.120. The average molecular weight is 288 g/mol. The highest BCUT2D eigenvalue weighted by molar-refractivity contribution is 6.53. The number of benzene rings is 1. The number of alkyl halides is 2. The van der Waals surface area contributed by atoms with Gasteiger partial charge in [0.1, 0.15) is 10.1 Å². The van der Waals surface area contributed by atoms with Crippen molar-refractivity contribution in [2.75, 3.05) is 12.4 Å². The third-order valence-electron chi connectivity index (χ3n) is 3.36. The van der Waals surface area contributed by atoms with Crippen LogP contribution in [0.3, 0.4) is 0 Å². The fraction of sp³-hybridized carbons (Fsp3) is 0.462. The number of rotatable bonds is 3. The first-order chi connectivity index (χ1) is 8.30. The van der Waals surface area contributed by atoms with Gasteiger partial charge in [0.15, 0.2) is 0 Å². The minimum Gasteiger partial charge on any atom is -0.495 e. The summed E-state index contributed by atoms with van der Waals surface area (Å²) in [5.74, 6) is 0.435. The van der Waals surface area contributed by atoms with Crippen molar-refractivity contribution in [2.45, 2.75) is 24.6 Å². The van der Waals surface area contributed by atoms with E-state index in [1.54, 1.807) is 14.0 Å². The Bertz CT molecular complexity index is 502. The molecule has 1 saturated carbocycles. The van der Waals surface area contributed by atoms with Crippen LogP contribution in [0.15, 0.2) is 18.2 Å². The molecule has 3 nitrogen and oxygen atoms in total. The van der Waals surface area contributed by atoms with Gasteiger partial charge in [0, 0.05) is 0 Å². The molecule has 1 fully saturated rings. The van der Waals surface area contributed by atoms with Crippen LogP contribution in [-0.4, -0.2) is 17.4 Å². The third-order valence-corrected chi connectivity index (χ3v) is 4.46. The molecule has 1 N–H and O–H groups in total. The number of ether oxygens (including phenoxy) is 1. The molecular formula is C13H15Cl2NO2. The zero-order valence-corrected chi connectivity index (χ0v) is 12.0. The molecule has 0 radical (unpaired) electrons. The summed E-state index contributed by atoms with van der Waals surface area (Å²) in [7, 11) is 1.56. The lowest BCUT2D eigenvalue weighted by Crippen LogP contribution is -2.26. The first-order valence-corrected chi connectivity index (χ1v) is 6.40. The highest BCUT2D eigenvalue weighted by atomic mass is 35.5. The molecule has 1 amide bonds. The lowest BCUT2D eigenvalue weighted by Gasteiger charge is -2.15. The second-order valence-corrected chi connectivity index (χ2v) is 6.36. The predicted octanol–water partition coefficient (Wildman–Crippen LogP) is 3.53. The van der Waals surface area contributed by atoms with E-state index in [0.29, 0.717) is 17.9 Å². The molecule has 0 spiro atoms. The summed E-state index contributed by atoms with van der Waals surface area (Å²) < 4.78 is 4.24. The number of halogens is 2. The fourth-order valence-electron chi connectivity index (χ4n) is 1.83.